The zero-order valence-corrected chi connectivity index (χ0v) is 15.5. The second kappa shape index (κ2) is 9.97. The molecule has 130 valence electrons. The molecule has 0 saturated heterocycles. The molecule has 0 aliphatic rings. The first-order valence-electron chi connectivity index (χ1n) is 7.76. The minimum absolute atomic E-state index is 0.0243. The molecule has 7 heteroatoms. The number of carbonyl (C=O) groups excluding carboxylic acids is 1. The van der Waals surface area contributed by atoms with Crippen LogP contribution >= 0.6 is 0 Å². The van der Waals surface area contributed by atoms with Gasteiger partial charge in [-0.1, -0.05) is 20.8 Å². The van der Waals surface area contributed by atoms with Gasteiger partial charge >= 0.3 is 5.97 Å². The lowest BCUT2D eigenvalue weighted by molar-refractivity contribution is -0.138. The van der Waals surface area contributed by atoms with Gasteiger partial charge in [-0.3, -0.25) is 9.59 Å². The highest BCUT2D eigenvalue weighted by molar-refractivity contribution is 6.74. The highest BCUT2D eigenvalue weighted by Gasteiger charge is 2.36. The third-order valence-electron chi connectivity index (χ3n) is 3.85. The molecule has 0 unspecified atom stereocenters. The molecule has 2 N–H and O–H groups in total. The summed E-state index contributed by atoms with van der Waals surface area (Å²) in [6.45, 7) is 13.2. The maximum Gasteiger partial charge on any atom is 0.303 e. The third-order valence-corrected chi connectivity index (χ3v) is 8.39. The lowest BCUT2D eigenvalue weighted by Gasteiger charge is -2.36. The first kappa shape index (κ1) is 21.1. The second-order valence-electron chi connectivity index (χ2n) is 6.82. The molecule has 0 aromatic rings. The molecule has 22 heavy (non-hydrogen) atoms. The van der Waals surface area contributed by atoms with Crippen molar-refractivity contribution in [2.24, 2.45) is 0 Å². The minimum Gasteiger partial charge on any atom is -0.481 e. The average Bonchev–Trinajstić information content (AvgIpc) is 2.38. The Morgan fingerprint density at radius 2 is 1.73 bits per heavy atom. The quantitative estimate of drug-likeness (QED) is 0.448. The summed E-state index contributed by atoms with van der Waals surface area (Å²) in [5, 5.41) is 11.3. The van der Waals surface area contributed by atoms with Gasteiger partial charge in [-0.2, -0.15) is 0 Å². The van der Waals surface area contributed by atoms with E-state index >= 15 is 0 Å². The van der Waals surface area contributed by atoms with Gasteiger partial charge in [0.25, 0.3) is 0 Å². The van der Waals surface area contributed by atoms with Crippen molar-refractivity contribution in [3.8, 4) is 0 Å². The standard InChI is InChI=1S/C15H31NO5Si/c1-15(2,3)22(4,5)21-12-11-20-10-6-9-16-13(17)7-8-14(18)19/h6-12H2,1-5H3,(H,16,17)(H,18,19). The van der Waals surface area contributed by atoms with Gasteiger partial charge in [0.05, 0.1) is 19.6 Å². The normalized spacial score (nSPS) is 12.2. The molecule has 0 aromatic carbocycles. The van der Waals surface area contributed by atoms with Crippen molar-refractivity contribution in [2.45, 2.75) is 58.2 Å². The van der Waals surface area contributed by atoms with Crippen LogP contribution in [-0.4, -0.2) is 51.7 Å². The first-order chi connectivity index (χ1) is 10.1. The van der Waals surface area contributed by atoms with Crippen molar-refractivity contribution in [3.05, 3.63) is 0 Å². The van der Waals surface area contributed by atoms with Gasteiger partial charge < -0.3 is 19.6 Å². The van der Waals surface area contributed by atoms with E-state index in [-0.39, 0.29) is 23.8 Å². The summed E-state index contributed by atoms with van der Waals surface area (Å²) in [4.78, 5) is 21.6. The summed E-state index contributed by atoms with van der Waals surface area (Å²) in [5.41, 5.74) is 0. The van der Waals surface area contributed by atoms with Crippen LogP contribution in [0.15, 0.2) is 0 Å². The predicted octanol–water partition coefficient (Wildman–Crippen LogP) is 2.40. The summed E-state index contributed by atoms with van der Waals surface area (Å²) < 4.78 is 11.5. The maximum atomic E-state index is 11.3. The third kappa shape index (κ3) is 9.91. The molecule has 0 aliphatic carbocycles. The first-order valence-corrected chi connectivity index (χ1v) is 10.7. The SMILES string of the molecule is CC(C)(C)[Si](C)(C)OCCOCCCNC(=O)CCC(=O)O. The lowest BCUT2D eigenvalue weighted by Crippen LogP contribution is -2.41. The van der Waals surface area contributed by atoms with Crippen LogP contribution in [0.4, 0.5) is 0 Å². The molecule has 0 rings (SSSR count). The van der Waals surface area contributed by atoms with Crippen LogP contribution in [0.5, 0.6) is 0 Å². The van der Waals surface area contributed by atoms with E-state index < -0.39 is 14.3 Å². The molecule has 0 aromatic heterocycles. The number of hydrogen-bond acceptors (Lipinski definition) is 4. The molecule has 0 radical (unpaired) electrons. The van der Waals surface area contributed by atoms with Crippen LogP contribution in [-0.2, 0) is 18.8 Å². The molecule has 0 atom stereocenters. The Morgan fingerprint density at radius 3 is 2.27 bits per heavy atom. The number of carboxylic acids is 1. The van der Waals surface area contributed by atoms with Gasteiger partial charge in [0.2, 0.25) is 5.91 Å². The Morgan fingerprint density at radius 1 is 1.09 bits per heavy atom. The molecule has 6 nitrogen and oxygen atoms in total. The number of amides is 1. The highest BCUT2D eigenvalue weighted by atomic mass is 28.4. The van der Waals surface area contributed by atoms with Crippen molar-refractivity contribution >= 4 is 20.2 Å². The molecule has 0 saturated carbocycles. The number of hydrogen-bond donors (Lipinski definition) is 2. The van der Waals surface area contributed by atoms with E-state index in [0.29, 0.717) is 32.8 Å². The fraction of sp³-hybridized carbons (Fsp3) is 0.867. The molecule has 0 aliphatic heterocycles. The smallest absolute Gasteiger partial charge is 0.303 e. The number of nitrogens with one attached hydrogen (secondary N) is 1. The lowest BCUT2D eigenvalue weighted by atomic mass is 10.2. The van der Waals surface area contributed by atoms with Gasteiger partial charge in [-0.25, -0.2) is 0 Å². The summed E-state index contributed by atoms with van der Waals surface area (Å²) in [6, 6.07) is 0. The van der Waals surface area contributed by atoms with Crippen LogP contribution in [0.25, 0.3) is 0 Å². The van der Waals surface area contributed by atoms with Crippen LogP contribution in [0.3, 0.4) is 0 Å². The van der Waals surface area contributed by atoms with Crippen molar-refractivity contribution in [2.75, 3.05) is 26.4 Å². The molecule has 0 fully saturated rings. The van der Waals surface area contributed by atoms with Crippen molar-refractivity contribution in [3.63, 3.8) is 0 Å². The monoisotopic (exact) mass is 333 g/mol. The van der Waals surface area contributed by atoms with E-state index in [1.807, 2.05) is 0 Å². The topological polar surface area (TPSA) is 84.9 Å². The second-order valence-corrected chi connectivity index (χ2v) is 11.6. The summed E-state index contributed by atoms with van der Waals surface area (Å²) >= 11 is 0. The molecule has 0 bridgehead atoms. The largest absolute Gasteiger partial charge is 0.481 e. The Hall–Kier alpha value is -0.923. The highest BCUT2D eigenvalue weighted by Crippen LogP contribution is 2.36. The van der Waals surface area contributed by atoms with Gasteiger partial charge in [-0.15, -0.1) is 0 Å². The minimum atomic E-state index is -1.70. The number of rotatable bonds is 11. The average molecular weight is 334 g/mol. The van der Waals surface area contributed by atoms with E-state index in [1.54, 1.807) is 0 Å². The van der Waals surface area contributed by atoms with E-state index in [4.69, 9.17) is 14.3 Å². The van der Waals surface area contributed by atoms with Crippen molar-refractivity contribution in [1.82, 2.24) is 5.32 Å². The Bertz CT molecular complexity index is 352. The molecule has 1 amide bonds. The molecular weight excluding hydrogens is 302 g/mol. The number of ether oxygens (including phenoxy) is 1. The summed E-state index contributed by atoms with van der Waals surface area (Å²) in [5.74, 6) is -1.19. The molecule has 0 heterocycles. The van der Waals surface area contributed by atoms with Crippen LogP contribution in [0.2, 0.25) is 18.1 Å². The van der Waals surface area contributed by atoms with Crippen LogP contribution in [0, 0.1) is 0 Å². The van der Waals surface area contributed by atoms with Crippen LogP contribution < -0.4 is 5.32 Å². The molecule has 0 spiro atoms. The van der Waals surface area contributed by atoms with Gasteiger partial charge in [0.15, 0.2) is 8.32 Å². The van der Waals surface area contributed by atoms with E-state index in [9.17, 15) is 9.59 Å². The summed E-state index contributed by atoms with van der Waals surface area (Å²) in [6.07, 6.45) is 0.600. The summed E-state index contributed by atoms with van der Waals surface area (Å²) in [7, 11) is -1.70. The van der Waals surface area contributed by atoms with Crippen LogP contribution in [0.1, 0.15) is 40.0 Å². The van der Waals surface area contributed by atoms with Gasteiger partial charge in [0.1, 0.15) is 0 Å². The van der Waals surface area contributed by atoms with Gasteiger partial charge in [0, 0.05) is 19.6 Å². The van der Waals surface area contributed by atoms with E-state index in [0.717, 1.165) is 0 Å². The van der Waals surface area contributed by atoms with Gasteiger partial charge in [-0.05, 0) is 24.6 Å². The van der Waals surface area contributed by atoms with E-state index in [1.165, 1.54) is 0 Å². The maximum absolute atomic E-state index is 11.3. The Balaban J connectivity index is 3.52. The van der Waals surface area contributed by atoms with Crippen molar-refractivity contribution in [1.29, 1.82) is 0 Å². The fourth-order valence-electron chi connectivity index (χ4n) is 1.39. The Labute approximate surface area is 134 Å². The Kier molecular flexibility index (Phi) is 9.55. The number of carbonyl (C=O) groups is 2. The van der Waals surface area contributed by atoms with Crippen molar-refractivity contribution < 1.29 is 23.9 Å². The fourth-order valence-corrected chi connectivity index (χ4v) is 2.41. The predicted molar refractivity (Wildman–Crippen MR) is 88.5 cm³/mol. The number of aliphatic carboxylic acids is 1. The van der Waals surface area contributed by atoms with E-state index in [2.05, 4.69) is 39.2 Å². The zero-order chi connectivity index (χ0) is 17.2. The number of carboxylic acid groups (broad SMARTS) is 1. The molecular formula is C15H31NO5Si. The zero-order valence-electron chi connectivity index (χ0n) is 14.5.